The van der Waals surface area contributed by atoms with Crippen LogP contribution in [0.5, 0.6) is 0 Å². The Kier molecular flexibility index (Phi) is 3.07. The standard InChI is InChI=1S/C20H28O6/c1-9-10-4-5-11-18-8-26-20(25,19(11,14(9)22)15(10)23)16(24)13(18)17(2,3)7-6-12(18)21/h10-13,15-16,21,23-25H,1,4-8H2,2-3H3/t10-,11-,12-,13+,15-,16-,18+,19-,20?/m1/s1. The molecule has 6 aliphatic rings. The Hall–Kier alpha value is -0.790. The number of ketones is 1. The van der Waals surface area contributed by atoms with Gasteiger partial charge in [-0.3, -0.25) is 4.79 Å². The highest BCUT2D eigenvalue weighted by molar-refractivity contribution is 6.05. The first kappa shape index (κ1) is 17.3. The van der Waals surface area contributed by atoms with E-state index in [9.17, 15) is 25.2 Å². The molecule has 0 aromatic rings. The number of hydrogen-bond donors (Lipinski definition) is 4. The summed E-state index contributed by atoms with van der Waals surface area (Å²) >= 11 is 0. The van der Waals surface area contributed by atoms with E-state index < -0.39 is 58.5 Å². The van der Waals surface area contributed by atoms with Gasteiger partial charge in [-0.2, -0.15) is 0 Å². The van der Waals surface area contributed by atoms with E-state index in [-0.39, 0.29) is 12.0 Å². The molecule has 4 saturated carbocycles. The molecule has 0 radical (unpaired) electrons. The Bertz CT molecular complexity index is 717. The number of carbonyl (C=O) groups excluding carboxylic acids is 1. The predicted octanol–water partition coefficient (Wildman–Crippen LogP) is 0.376. The molecule has 0 aromatic heterocycles. The number of rotatable bonds is 0. The number of Topliss-reactive ketones (excluding diaryl/α,β-unsaturated/α-hetero) is 1. The summed E-state index contributed by atoms with van der Waals surface area (Å²) in [7, 11) is 0. The molecule has 26 heavy (non-hydrogen) atoms. The number of ether oxygens (including phenoxy) is 1. The maximum atomic E-state index is 13.3. The molecular weight excluding hydrogens is 336 g/mol. The Labute approximate surface area is 152 Å². The fourth-order valence-corrected chi connectivity index (χ4v) is 7.90. The van der Waals surface area contributed by atoms with Crippen molar-refractivity contribution in [2.24, 2.45) is 34.0 Å². The quantitative estimate of drug-likeness (QED) is 0.463. The van der Waals surface area contributed by atoms with Gasteiger partial charge in [0.1, 0.15) is 11.5 Å². The third-order valence-corrected chi connectivity index (χ3v) is 8.88. The van der Waals surface area contributed by atoms with Crippen LogP contribution in [-0.4, -0.2) is 56.9 Å². The molecule has 2 aliphatic heterocycles. The molecule has 6 nitrogen and oxygen atoms in total. The average Bonchev–Trinajstić information content (AvgIpc) is 2.69. The van der Waals surface area contributed by atoms with Gasteiger partial charge in [0.15, 0.2) is 5.78 Å². The van der Waals surface area contributed by atoms with Crippen LogP contribution in [0.4, 0.5) is 0 Å². The van der Waals surface area contributed by atoms with Crippen LogP contribution < -0.4 is 0 Å². The van der Waals surface area contributed by atoms with E-state index in [2.05, 4.69) is 6.58 Å². The molecule has 4 aliphatic carbocycles. The van der Waals surface area contributed by atoms with E-state index >= 15 is 0 Å². The number of hydrogen-bond acceptors (Lipinski definition) is 6. The van der Waals surface area contributed by atoms with Crippen LogP contribution in [0, 0.1) is 34.0 Å². The fourth-order valence-electron chi connectivity index (χ4n) is 7.90. The molecule has 2 spiro atoms. The lowest BCUT2D eigenvalue weighted by atomic mass is 9.35. The number of carbonyl (C=O) groups is 1. The molecule has 4 N–H and O–H groups in total. The van der Waals surface area contributed by atoms with E-state index in [4.69, 9.17) is 4.74 Å². The number of fused-ring (bicyclic) bond motifs is 2. The third kappa shape index (κ3) is 1.41. The van der Waals surface area contributed by atoms with Gasteiger partial charge in [-0.25, -0.2) is 0 Å². The topological polar surface area (TPSA) is 107 Å². The fraction of sp³-hybridized carbons (Fsp3) is 0.850. The SMILES string of the molecule is C=C1C(=O)[C@@]23[C@H](O)[C@@H]1CC[C@@H]2[C@]12COC3(O)[C@H](O)[C@H]1C(C)(C)CC[C@H]2O. The van der Waals surface area contributed by atoms with Crippen molar-refractivity contribution in [2.45, 2.75) is 63.6 Å². The van der Waals surface area contributed by atoms with Crippen molar-refractivity contribution in [3.05, 3.63) is 12.2 Å². The molecule has 6 fully saturated rings. The Balaban J connectivity index is 1.81. The molecule has 6 rings (SSSR count). The maximum Gasteiger partial charge on any atom is 0.208 e. The highest BCUT2D eigenvalue weighted by Gasteiger charge is 2.86. The third-order valence-electron chi connectivity index (χ3n) is 8.88. The molecular formula is C20H28O6. The summed E-state index contributed by atoms with van der Waals surface area (Å²) in [4.78, 5) is 13.3. The zero-order chi connectivity index (χ0) is 18.9. The molecule has 6 heteroatoms. The van der Waals surface area contributed by atoms with Crippen LogP contribution in [-0.2, 0) is 9.53 Å². The first-order valence-corrected chi connectivity index (χ1v) is 9.71. The van der Waals surface area contributed by atoms with Crippen molar-refractivity contribution in [2.75, 3.05) is 6.61 Å². The van der Waals surface area contributed by atoms with Gasteiger partial charge in [0, 0.05) is 17.3 Å². The highest BCUT2D eigenvalue weighted by Crippen LogP contribution is 2.76. The van der Waals surface area contributed by atoms with Gasteiger partial charge in [0.25, 0.3) is 0 Å². The lowest BCUT2D eigenvalue weighted by molar-refractivity contribution is -0.458. The van der Waals surface area contributed by atoms with E-state index in [1.165, 1.54) is 0 Å². The van der Waals surface area contributed by atoms with E-state index in [1.54, 1.807) is 0 Å². The lowest BCUT2D eigenvalue weighted by Gasteiger charge is -2.74. The van der Waals surface area contributed by atoms with Crippen LogP contribution in [0.2, 0.25) is 0 Å². The van der Waals surface area contributed by atoms with Crippen LogP contribution >= 0.6 is 0 Å². The van der Waals surface area contributed by atoms with E-state index in [1.807, 2.05) is 13.8 Å². The summed E-state index contributed by atoms with van der Waals surface area (Å²) in [5.74, 6) is -3.80. The first-order chi connectivity index (χ1) is 12.1. The molecule has 0 aromatic carbocycles. The zero-order valence-electron chi connectivity index (χ0n) is 15.3. The van der Waals surface area contributed by atoms with Gasteiger partial charge in [0.05, 0.1) is 18.8 Å². The monoisotopic (exact) mass is 364 g/mol. The average molecular weight is 364 g/mol. The molecule has 4 bridgehead atoms. The van der Waals surface area contributed by atoms with Crippen molar-refractivity contribution in [1.82, 2.24) is 0 Å². The predicted molar refractivity (Wildman–Crippen MR) is 90.7 cm³/mol. The van der Waals surface area contributed by atoms with Gasteiger partial charge >= 0.3 is 0 Å². The van der Waals surface area contributed by atoms with Gasteiger partial charge in [-0.1, -0.05) is 20.4 Å². The molecule has 0 amide bonds. The van der Waals surface area contributed by atoms with Crippen LogP contribution in [0.25, 0.3) is 0 Å². The number of aliphatic hydroxyl groups excluding tert-OH is 3. The molecule has 2 heterocycles. The lowest BCUT2D eigenvalue weighted by Crippen LogP contribution is -2.85. The summed E-state index contributed by atoms with van der Waals surface area (Å²) in [6, 6.07) is 0. The second-order valence-corrected chi connectivity index (χ2v) is 9.97. The smallest absolute Gasteiger partial charge is 0.208 e. The normalized spacial score (nSPS) is 59.9. The van der Waals surface area contributed by atoms with Crippen LogP contribution in [0.15, 0.2) is 12.2 Å². The summed E-state index contributed by atoms with van der Waals surface area (Å²) < 4.78 is 5.80. The Morgan fingerprint density at radius 1 is 1.12 bits per heavy atom. The Morgan fingerprint density at radius 2 is 1.81 bits per heavy atom. The van der Waals surface area contributed by atoms with Crippen molar-refractivity contribution in [3.63, 3.8) is 0 Å². The highest BCUT2D eigenvalue weighted by atomic mass is 16.6. The van der Waals surface area contributed by atoms with Crippen molar-refractivity contribution in [1.29, 1.82) is 0 Å². The van der Waals surface area contributed by atoms with Gasteiger partial charge < -0.3 is 25.2 Å². The van der Waals surface area contributed by atoms with Crippen LogP contribution in [0.1, 0.15) is 39.5 Å². The zero-order valence-corrected chi connectivity index (χ0v) is 15.3. The minimum absolute atomic E-state index is 0.0966. The molecule has 9 atom stereocenters. The maximum absolute atomic E-state index is 13.3. The largest absolute Gasteiger partial charge is 0.392 e. The van der Waals surface area contributed by atoms with Crippen molar-refractivity contribution >= 4 is 5.78 Å². The minimum Gasteiger partial charge on any atom is -0.392 e. The van der Waals surface area contributed by atoms with Gasteiger partial charge in [-0.05, 0) is 42.6 Å². The first-order valence-electron chi connectivity index (χ1n) is 9.71. The summed E-state index contributed by atoms with van der Waals surface area (Å²) in [5, 5.41) is 45.1. The van der Waals surface area contributed by atoms with Gasteiger partial charge in [0.2, 0.25) is 5.79 Å². The second-order valence-electron chi connectivity index (χ2n) is 9.97. The minimum atomic E-state index is -2.15. The Morgan fingerprint density at radius 3 is 2.50 bits per heavy atom. The van der Waals surface area contributed by atoms with Gasteiger partial charge in [-0.15, -0.1) is 0 Å². The molecule has 144 valence electrons. The molecule has 2 saturated heterocycles. The van der Waals surface area contributed by atoms with E-state index in [0.29, 0.717) is 24.8 Å². The number of aliphatic hydroxyl groups is 4. The van der Waals surface area contributed by atoms with Crippen molar-refractivity contribution in [3.8, 4) is 0 Å². The summed E-state index contributed by atoms with van der Waals surface area (Å²) in [5.41, 5.74) is -2.49. The van der Waals surface area contributed by atoms with Crippen molar-refractivity contribution < 1.29 is 30.0 Å². The molecule has 1 unspecified atom stereocenters. The second kappa shape index (κ2) is 4.61. The van der Waals surface area contributed by atoms with Crippen LogP contribution in [0.3, 0.4) is 0 Å². The summed E-state index contributed by atoms with van der Waals surface area (Å²) in [6.07, 6.45) is -0.747. The van der Waals surface area contributed by atoms with E-state index in [0.717, 1.165) is 6.42 Å². The summed E-state index contributed by atoms with van der Waals surface area (Å²) in [6.45, 7) is 8.07.